The number of unbranched alkanes of at least 4 members (excludes halogenated alkanes) is 13. The Morgan fingerprint density at radius 3 is 1.84 bits per heavy atom. The third-order valence-electron chi connectivity index (χ3n) is 7.14. The average molecular weight is 516 g/mol. The zero-order valence-electron chi connectivity index (χ0n) is 24.2. The lowest BCUT2D eigenvalue weighted by Gasteiger charge is -2.20. The third kappa shape index (κ3) is 15.4. The average Bonchev–Trinajstić information content (AvgIpc) is 3.32. The molecule has 0 aliphatic carbocycles. The number of hydrogen-bond donors (Lipinski definition) is 0. The summed E-state index contributed by atoms with van der Waals surface area (Å²) in [4.78, 5) is 4.24. The highest BCUT2D eigenvalue weighted by atomic mass is 16.6. The van der Waals surface area contributed by atoms with E-state index < -0.39 is 0 Å². The van der Waals surface area contributed by atoms with E-state index in [9.17, 15) is 0 Å². The quantitative estimate of drug-likeness (QED) is 0.130. The molecule has 0 saturated heterocycles. The number of rotatable bonds is 24. The summed E-state index contributed by atoms with van der Waals surface area (Å²) in [6.45, 7) is 7.76. The molecule has 0 bridgehead atoms. The van der Waals surface area contributed by atoms with E-state index in [0.717, 1.165) is 19.6 Å². The van der Waals surface area contributed by atoms with Gasteiger partial charge in [0.1, 0.15) is 12.8 Å². The van der Waals surface area contributed by atoms with Crippen molar-refractivity contribution in [2.75, 3.05) is 34.0 Å². The van der Waals surface area contributed by atoms with Crippen molar-refractivity contribution in [2.45, 2.75) is 116 Å². The van der Waals surface area contributed by atoms with E-state index in [1.807, 2.05) is 7.05 Å². The van der Waals surface area contributed by atoms with Crippen LogP contribution in [0.1, 0.15) is 108 Å². The topological polar surface area (TPSA) is 34.2 Å². The van der Waals surface area contributed by atoms with Crippen LogP contribution in [0.4, 0.5) is 0 Å². The summed E-state index contributed by atoms with van der Waals surface area (Å²) >= 11 is 0. The van der Waals surface area contributed by atoms with Crippen LogP contribution in [0, 0.1) is 6.67 Å². The second-order valence-electron chi connectivity index (χ2n) is 10.6. The maximum absolute atomic E-state index is 6.02. The maximum Gasteiger partial charge on any atom is 0.141 e. The first-order valence-corrected chi connectivity index (χ1v) is 15.0. The summed E-state index contributed by atoms with van der Waals surface area (Å²) in [5.41, 5.74) is 2.50. The number of nitrogens with zero attached hydrogens (tertiary/aromatic N) is 2. The Bertz CT molecular complexity index is 696. The van der Waals surface area contributed by atoms with Gasteiger partial charge in [0.25, 0.3) is 0 Å². The Labute approximate surface area is 228 Å². The Balaban J connectivity index is 1.43. The van der Waals surface area contributed by atoms with Gasteiger partial charge in [-0.3, -0.25) is 0 Å². The molecule has 1 atom stereocenters. The second-order valence-corrected chi connectivity index (χ2v) is 10.6. The molecule has 0 aromatic heterocycles. The smallest absolute Gasteiger partial charge is 0.141 e. The van der Waals surface area contributed by atoms with E-state index in [4.69, 9.17) is 14.2 Å². The van der Waals surface area contributed by atoms with E-state index in [1.54, 1.807) is 7.11 Å². The van der Waals surface area contributed by atoms with E-state index >= 15 is 0 Å². The van der Waals surface area contributed by atoms with Gasteiger partial charge in [-0.05, 0) is 17.5 Å². The molecular weight excluding hydrogens is 460 g/mol. The van der Waals surface area contributed by atoms with Crippen molar-refractivity contribution in [1.82, 2.24) is 9.80 Å². The molecule has 1 radical (unpaired) electrons. The molecule has 211 valence electrons. The minimum atomic E-state index is -0.0256. The van der Waals surface area contributed by atoms with Crippen LogP contribution >= 0.6 is 0 Å². The molecule has 0 N–H and O–H groups in total. The van der Waals surface area contributed by atoms with Crippen LogP contribution in [0.15, 0.2) is 36.7 Å². The van der Waals surface area contributed by atoms with Crippen LogP contribution in [-0.2, 0) is 27.4 Å². The molecule has 0 amide bonds. The fourth-order valence-electron chi connectivity index (χ4n) is 4.74. The van der Waals surface area contributed by atoms with Crippen LogP contribution < -0.4 is 0 Å². The summed E-state index contributed by atoms with van der Waals surface area (Å²) in [5, 5.41) is 0. The Kier molecular flexibility index (Phi) is 18.3. The van der Waals surface area contributed by atoms with Gasteiger partial charge >= 0.3 is 0 Å². The zero-order chi connectivity index (χ0) is 26.4. The maximum atomic E-state index is 6.02. The Hall–Kier alpha value is -1.56. The first kappa shape index (κ1) is 31.7. The van der Waals surface area contributed by atoms with Crippen molar-refractivity contribution in [1.29, 1.82) is 0 Å². The Morgan fingerprint density at radius 2 is 1.27 bits per heavy atom. The van der Waals surface area contributed by atoms with Crippen LogP contribution in [0.2, 0.25) is 0 Å². The first-order chi connectivity index (χ1) is 18.2. The summed E-state index contributed by atoms with van der Waals surface area (Å²) < 4.78 is 17.5. The molecule has 5 nitrogen and oxygen atoms in total. The number of benzene rings is 1. The fraction of sp³-hybridized carbons (Fsp3) is 0.719. The van der Waals surface area contributed by atoms with E-state index in [1.165, 1.54) is 94.6 Å². The molecule has 0 saturated carbocycles. The number of methoxy groups -OCH3 is 1. The Morgan fingerprint density at radius 1 is 0.703 bits per heavy atom. The third-order valence-corrected chi connectivity index (χ3v) is 7.14. The van der Waals surface area contributed by atoms with Gasteiger partial charge in [-0.1, -0.05) is 115 Å². The van der Waals surface area contributed by atoms with E-state index in [-0.39, 0.29) is 6.10 Å². The molecule has 0 spiro atoms. The van der Waals surface area contributed by atoms with Crippen molar-refractivity contribution in [3.8, 4) is 0 Å². The first-order valence-electron chi connectivity index (χ1n) is 15.0. The van der Waals surface area contributed by atoms with Gasteiger partial charge < -0.3 is 24.0 Å². The standard InChI is InChI=1S/C32H55N2O3/c1-4-5-6-7-8-9-10-11-12-13-14-15-16-19-24-36-27-32(35-3)28-37-26-31-21-18-17-20-30(31)25-34-23-22-33(2)29-34/h17-18,20-23,29,32H,4-16,19,24-28H2,1-3H3. The molecule has 1 aromatic rings. The van der Waals surface area contributed by atoms with Crippen molar-refractivity contribution < 1.29 is 14.2 Å². The van der Waals surface area contributed by atoms with Gasteiger partial charge in [0.05, 0.1) is 19.8 Å². The van der Waals surface area contributed by atoms with Gasteiger partial charge in [-0.15, -0.1) is 0 Å². The van der Waals surface area contributed by atoms with Crippen LogP contribution in [0.25, 0.3) is 0 Å². The fourth-order valence-corrected chi connectivity index (χ4v) is 4.74. The minimum absolute atomic E-state index is 0.0256. The molecule has 1 aliphatic heterocycles. The zero-order valence-corrected chi connectivity index (χ0v) is 24.2. The summed E-state index contributed by atoms with van der Waals surface area (Å²) in [7, 11) is 3.78. The number of ether oxygens (including phenoxy) is 3. The lowest BCUT2D eigenvalue weighted by Crippen LogP contribution is -2.24. The normalized spacial score (nSPS) is 14.1. The van der Waals surface area contributed by atoms with Gasteiger partial charge in [0.15, 0.2) is 0 Å². The predicted octanol–water partition coefficient (Wildman–Crippen LogP) is 8.05. The molecule has 1 unspecified atom stereocenters. The van der Waals surface area contributed by atoms with Crippen LogP contribution in [0.5, 0.6) is 0 Å². The molecule has 1 heterocycles. The molecular formula is C32H55N2O3. The number of hydrogen-bond acceptors (Lipinski definition) is 5. The monoisotopic (exact) mass is 515 g/mol. The predicted molar refractivity (Wildman–Crippen MR) is 155 cm³/mol. The lowest BCUT2D eigenvalue weighted by molar-refractivity contribution is -0.0452. The van der Waals surface area contributed by atoms with Gasteiger partial charge in [0.2, 0.25) is 0 Å². The van der Waals surface area contributed by atoms with E-state index in [0.29, 0.717) is 19.8 Å². The highest BCUT2D eigenvalue weighted by Crippen LogP contribution is 2.18. The van der Waals surface area contributed by atoms with Crippen molar-refractivity contribution in [3.63, 3.8) is 0 Å². The van der Waals surface area contributed by atoms with Gasteiger partial charge in [-0.2, -0.15) is 0 Å². The minimum Gasteiger partial charge on any atom is -0.379 e. The summed E-state index contributed by atoms with van der Waals surface area (Å²) in [5.74, 6) is 0. The second kappa shape index (κ2) is 21.4. The molecule has 5 heteroatoms. The van der Waals surface area contributed by atoms with Crippen LogP contribution in [-0.4, -0.2) is 49.9 Å². The molecule has 37 heavy (non-hydrogen) atoms. The summed E-state index contributed by atoms with van der Waals surface area (Å²) in [6, 6.07) is 8.48. The molecule has 1 aromatic carbocycles. The lowest BCUT2D eigenvalue weighted by atomic mass is 10.0. The van der Waals surface area contributed by atoms with Crippen molar-refractivity contribution in [2.24, 2.45) is 0 Å². The molecule has 2 rings (SSSR count). The van der Waals surface area contributed by atoms with Crippen LogP contribution in [0.3, 0.4) is 0 Å². The van der Waals surface area contributed by atoms with Gasteiger partial charge in [-0.25, -0.2) is 0 Å². The summed E-state index contributed by atoms with van der Waals surface area (Å²) in [6.07, 6.45) is 23.4. The highest BCUT2D eigenvalue weighted by Gasteiger charge is 2.13. The van der Waals surface area contributed by atoms with E-state index in [2.05, 4.69) is 60.1 Å². The van der Waals surface area contributed by atoms with Crippen molar-refractivity contribution in [3.05, 3.63) is 54.5 Å². The highest BCUT2D eigenvalue weighted by molar-refractivity contribution is 5.27. The largest absolute Gasteiger partial charge is 0.379 e. The molecule has 1 aliphatic rings. The van der Waals surface area contributed by atoms with Crippen molar-refractivity contribution >= 4 is 0 Å². The SMILES string of the molecule is CCCCCCCCCCCCCCCCOCC(COCc1ccccc1CN1[CH]N(C)C=C1)OC. The van der Waals surface area contributed by atoms with Gasteiger partial charge in [0, 0.05) is 39.7 Å². The molecule has 0 fully saturated rings.